The van der Waals surface area contributed by atoms with Crippen LogP contribution in [0.4, 0.5) is 4.79 Å². The standard InChI is InChI=1S/C13H14BNO3/c14-11-7-18-13(17)15(11)12(16)10-6-9(10)8-4-2-1-3-5-8/h1-5,9-11H,6-7,14H2/t9-,10+,11+/m0/s1. The molecule has 92 valence electrons. The molecule has 0 radical (unpaired) electrons. The summed E-state index contributed by atoms with van der Waals surface area (Å²) in [4.78, 5) is 25.0. The third kappa shape index (κ3) is 1.80. The van der Waals surface area contributed by atoms with Gasteiger partial charge in [-0.05, 0) is 17.9 Å². The molecule has 0 bridgehead atoms. The van der Waals surface area contributed by atoms with Crippen LogP contribution in [0.3, 0.4) is 0 Å². The molecule has 3 atom stereocenters. The summed E-state index contributed by atoms with van der Waals surface area (Å²) in [5.41, 5.74) is 1.18. The minimum atomic E-state index is -0.494. The quantitative estimate of drug-likeness (QED) is 0.719. The fraction of sp³-hybridized carbons (Fsp3) is 0.385. The maximum atomic E-state index is 12.2. The van der Waals surface area contributed by atoms with Gasteiger partial charge in [-0.25, -0.2) is 9.69 Å². The highest BCUT2D eigenvalue weighted by molar-refractivity contribution is 6.16. The van der Waals surface area contributed by atoms with Crippen LogP contribution >= 0.6 is 0 Å². The molecule has 1 saturated heterocycles. The van der Waals surface area contributed by atoms with Crippen LogP contribution in [-0.2, 0) is 9.53 Å². The van der Waals surface area contributed by atoms with Gasteiger partial charge in [0.25, 0.3) is 0 Å². The monoisotopic (exact) mass is 243 g/mol. The Morgan fingerprint density at radius 3 is 2.67 bits per heavy atom. The van der Waals surface area contributed by atoms with Crippen molar-refractivity contribution in [1.29, 1.82) is 0 Å². The lowest BCUT2D eigenvalue weighted by molar-refractivity contribution is -0.129. The molecule has 1 aromatic rings. The average molecular weight is 243 g/mol. The lowest BCUT2D eigenvalue weighted by Gasteiger charge is -2.15. The predicted molar refractivity (Wildman–Crippen MR) is 67.8 cm³/mol. The summed E-state index contributed by atoms with van der Waals surface area (Å²) >= 11 is 0. The van der Waals surface area contributed by atoms with Gasteiger partial charge in [0, 0.05) is 11.9 Å². The zero-order valence-corrected chi connectivity index (χ0v) is 10.2. The minimum absolute atomic E-state index is 0.0551. The second-order valence-corrected chi connectivity index (χ2v) is 4.99. The maximum Gasteiger partial charge on any atom is 0.416 e. The Balaban J connectivity index is 1.71. The van der Waals surface area contributed by atoms with E-state index < -0.39 is 6.09 Å². The molecule has 5 heteroatoms. The Morgan fingerprint density at radius 2 is 2.06 bits per heavy atom. The van der Waals surface area contributed by atoms with Gasteiger partial charge in [-0.2, -0.15) is 0 Å². The molecule has 4 nitrogen and oxygen atoms in total. The number of nitrogens with zero attached hydrogens (tertiary/aromatic N) is 1. The van der Waals surface area contributed by atoms with Crippen LogP contribution in [0.5, 0.6) is 0 Å². The molecule has 2 fully saturated rings. The summed E-state index contributed by atoms with van der Waals surface area (Å²) < 4.78 is 4.88. The zero-order chi connectivity index (χ0) is 12.7. The lowest BCUT2D eigenvalue weighted by atomic mass is 9.96. The van der Waals surface area contributed by atoms with Gasteiger partial charge in [0.15, 0.2) is 0 Å². The summed E-state index contributed by atoms with van der Waals surface area (Å²) in [5, 5.41) is 0. The van der Waals surface area contributed by atoms with Crippen LogP contribution in [-0.4, -0.2) is 37.3 Å². The Kier molecular flexibility index (Phi) is 2.61. The van der Waals surface area contributed by atoms with E-state index in [0.717, 1.165) is 6.42 Å². The Morgan fingerprint density at radius 1 is 1.33 bits per heavy atom. The molecule has 1 aliphatic heterocycles. The second-order valence-electron chi connectivity index (χ2n) is 4.99. The molecule has 1 aromatic carbocycles. The topological polar surface area (TPSA) is 46.6 Å². The number of amides is 2. The van der Waals surface area contributed by atoms with Crippen molar-refractivity contribution in [3.05, 3.63) is 35.9 Å². The number of ether oxygens (including phenoxy) is 1. The van der Waals surface area contributed by atoms with Crippen molar-refractivity contribution in [3.8, 4) is 0 Å². The third-order valence-corrected chi connectivity index (χ3v) is 3.66. The highest BCUT2D eigenvalue weighted by Gasteiger charge is 2.49. The first-order chi connectivity index (χ1) is 8.68. The van der Waals surface area contributed by atoms with Crippen molar-refractivity contribution in [1.82, 2.24) is 4.90 Å². The van der Waals surface area contributed by atoms with Gasteiger partial charge in [-0.3, -0.25) is 4.79 Å². The molecule has 1 heterocycles. The maximum absolute atomic E-state index is 12.2. The number of imide groups is 1. The number of benzene rings is 1. The van der Waals surface area contributed by atoms with Crippen molar-refractivity contribution in [3.63, 3.8) is 0 Å². The van der Waals surface area contributed by atoms with Crippen LogP contribution in [0.2, 0.25) is 0 Å². The Bertz CT molecular complexity index is 490. The van der Waals surface area contributed by atoms with E-state index in [1.807, 2.05) is 38.2 Å². The summed E-state index contributed by atoms with van der Waals surface area (Å²) in [5.74, 6) is -0.0133. The van der Waals surface area contributed by atoms with Gasteiger partial charge in [0.05, 0.1) is 0 Å². The number of carbonyl (C=O) groups is 2. The normalized spacial score (nSPS) is 30.1. The average Bonchev–Trinajstić information content (AvgIpc) is 3.11. The Hall–Kier alpha value is -1.78. The van der Waals surface area contributed by atoms with Crippen LogP contribution in [0, 0.1) is 5.92 Å². The number of hydrogen-bond donors (Lipinski definition) is 0. The van der Waals surface area contributed by atoms with E-state index in [0.29, 0.717) is 6.61 Å². The first kappa shape index (κ1) is 11.3. The van der Waals surface area contributed by atoms with Crippen LogP contribution in [0.25, 0.3) is 0 Å². The number of hydrogen-bond acceptors (Lipinski definition) is 3. The largest absolute Gasteiger partial charge is 0.448 e. The van der Waals surface area contributed by atoms with Gasteiger partial charge in [-0.15, -0.1) is 0 Å². The van der Waals surface area contributed by atoms with Gasteiger partial charge in [-0.1, -0.05) is 30.3 Å². The van der Waals surface area contributed by atoms with Crippen LogP contribution < -0.4 is 0 Å². The summed E-state index contributed by atoms with van der Waals surface area (Å²) in [7, 11) is 1.84. The van der Waals surface area contributed by atoms with Crippen molar-refractivity contribution < 1.29 is 14.3 Å². The van der Waals surface area contributed by atoms with Gasteiger partial charge < -0.3 is 4.74 Å². The number of cyclic esters (lactones) is 1. The van der Waals surface area contributed by atoms with E-state index in [1.165, 1.54) is 10.5 Å². The van der Waals surface area contributed by atoms with Crippen molar-refractivity contribution in [2.75, 3.05) is 6.61 Å². The van der Waals surface area contributed by atoms with E-state index in [4.69, 9.17) is 4.74 Å². The summed E-state index contributed by atoms with van der Waals surface area (Å²) in [6, 6.07) is 9.97. The lowest BCUT2D eigenvalue weighted by Crippen LogP contribution is -2.40. The molecule has 2 amide bonds. The number of carbonyl (C=O) groups excluding carboxylic acids is 2. The first-order valence-corrected chi connectivity index (χ1v) is 6.23. The van der Waals surface area contributed by atoms with Crippen LogP contribution in [0.1, 0.15) is 17.9 Å². The smallest absolute Gasteiger partial charge is 0.416 e. The van der Waals surface area contributed by atoms with E-state index >= 15 is 0 Å². The first-order valence-electron chi connectivity index (χ1n) is 6.23. The molecule has 1 saturated carbocycles. The predicted octanol–water partition coefficient (Wildman–Crippen LogP) is 0.728. The highest BCUT2D eigenvalue weighted by Crippen LogP contribution is 2.48. The van der Waals surface area contributed by atoms with E-state index in [1.54, 1.807) is 0 Å². The van der Waals surface area contributed by atoms with Crippen molar-refractivity contribution in [2.24, 2.45) is 5.92 Å². The fourth-order valence-corrected chi connectivity index (χ4v) is 2.54. The minimum Gasteiger partial charge on any atom is -0.448 e. The van der Waals surface area contributed by atoms with E-state index in [9.17, 15) is 9.59 Å². The van der Waals surface area contributed by atoms with Gasteiger partial charge in [0.1, 0.15) is 14.5 Å². The second kappa shape index (κ2) is 4.16. The molecule has 3 rings (SSSR count). The molecule has 0 unspecified atom stereocenters. The van der Waals surface area contributed by atoms with Crippen LogP contribution in [0.15, 0.2) is 30.3 Å². The highest BCUT2D eigenvalue weighted by atomic mass is 16.6. The van der Waals surface area contributed by atoms with Gasteiger partial charge in [0.2, 0.25) is 5.91 Å². The molecule has 1 aliphatic carbocycles. The van der Waals surface area contributed by atoms with Crippen molar-refractivity contribution >= 4 is 19.8 Å². The molecular weight excluding hydrogens is 229 g/mol. The van der Waals surface area contributed by atoms with Crippen molar-refractivity contribution in [2.45, 2.75) is 18.3 Å². The SMILES string of the molecule is B[C@H]1COC(=O)N1C(=O)[C@@H]1C[C@H]1c1ccccc1. The van der Waals surface area contributed by atoms with E-state index in [-0.39, 0.29) is 23.7 Å². The summed E-state index contributed by atoms with van der Waals surface area (Å²) in [6.45, 7) is 0.313. The molecule has 0 N–H and O–H groups in total. The fourth-order valence-electron chi connectivity index (χ4n) is 2.54. The molecule has 0 aromatic heterocycles. The van der Waals surface area contributed by atoms with E-state index in [2.05, 4.69) is 0 Å². The number of rotatable bonds is 2. The molecule has 18 heavy (non-hydrogen) atoms. The third-order valence-electron chi connectivity index (χ3n) is 3.66. The molecule has 2 aliphatic rings. The molecule has 0 spiro atoms. The molecular formula is C13H14BNO3. The Labute approximate surface area is 106 Å². The summed E-state index contributed by atoms with van der Waals surface area (Å²) in [6.07, 6.45) is 0.338. The zero-order valence-electron chi connectivity index (χ0n) is 10.2. The van der Waals surface area contributed by atoms with Gasteiger partial charge >= 0.3 is 6.09 Å².